The van der Waals surface area contributed by atoms with E-state index in [1.54, 1.807) is 9.80 Å². The Bertz CT molecular complexity index is 1050. The molecule has 1 N–H and O–H groups in total. The molecule has 0 saturated carbocycles. The van der Waals surface area contributed by atoms with Crippen molar-refractivity contribution in [2.75, 3.05) is 32.8 Å². The summed E-state index contributed by atoms with van der Waals surface area (Å²) in [6.45, 7) is 7.06. The van der Waals surface area contributed by atoms with Crippen LogP contribution in [0.2, 0.25) is 0 Å². The zero-order valence-corrected chi connectivity index (χ0v) is 19.9. The smallest absolute Gasteiger partial charge is 0.410 e. The molecule has 34 heavy (non-hydrogen) atoms. The molecule has 0 radical (unpaired) electrons. The minimum absolute atomic E-state index is 0.0120. The molecule has 7 heteroatoms. The lowest BCUT2D eigenvalue weighted by molar-refractivity contribution is 0.0130. The second-order valence-electron chi connectivity index (χ2n) is 10.5. The molecule has 180 valence electrons. The first-order valence-corrected chi connectivity index (χ1v) is 12.0. The third-order valence-corrected chi connectivity index (χ3v) is 7.23. The van der Waals surface area contributed by atoms with Crippen LogP contribution >= 0.6 is 0 Å². The highest BCUT2D eigenvalue weighted by Crippen LogP contribution is 2.44. The third-order valence-electron chi connectivity index (χ3n) is 7.23. The summed E-state index contributed by atoms with van der Waals surface area (Å²) < 4.78 is 11.3. The Morgan fingerprint density at radius 2 is 1.56 bits per heavy atom. The molecule has 2 saturated heterocycles. The molecule has 2 amide bonds. The molecule has 2 aromatic carbocycles. The molecule has 2 fully saturated rings. The number of ether oxygens (including phenoxy) is 2. The molecular weight excluding hydrogens is 432 g/mol. The van der Waals surface area contributed by atoms with Crippen molar-refractivity contribution in [1.82, 2.24) is 9.80 Å². The van der Waals surface area contributed by atoms with Gasteiger partial charge in [-0.15, -0.1) is 0 Å². The number of aliphatic hydroxyl groups is 1. The van der Waals surface area contributed by atoms with Gasteiger partial charge in [0.15, 0.2) is 0 Å². The molecule has 0 spiro atoms. The number of carbonyl (C=O) groups excluding carboxylic acids is 2. The van der Waals surface area contributed by atoms with Crippen LogP contribution in [0.15, 0.2) is 48.5 Å². The summed E-state index contributed by atoms with van der Waals surface area (Å²) in [7, 11) is 0. The topological polar surface area (TPSA) is 79.3 Å². The van der Waals surface area contributed by atoms with Crippen LogP contribution in [0.1, 0.15) is 37.8 Å². The first-order valence-electron chi connectivity index (χ1n) is 12.0. The van der Waals surface area contributed by atoms with E-state index in [1.807, 2.05) is 45.0 Å². The fraction of sp³-hybridized carbons (Fsp3) is 0.481. The Hall–Kier alpha value is -3.06. The van der Waals surface area contributed by atoms with Crippen molar-refractivity contribution >= 4 is 12.2 Å². The van der Waals surface area contributed by atoms with E-state index in [-0.39, 0.29) is 43.1 Å². The lowest BCUT2D eigenvalue weighted by Gasteiger charge is -2.30. The average Bonchev–Trinajstić information content (AvgIpc) is 3.45. The first-order chi connectivity index (χ1) is 16.3. The van der Waals surface area contributed by atoms with Gasteiger partial charge in [-0.1, -0.05) is 48.5 Å². The lowest BCUT2D eigenvalue weighted by Crippen LogP contribution is -2.45. The van der Waals surface area contributed by atoms with Crippen LogP contribution < -0.4 is 0 Å². The monoisotopic (exact) mass is 464 g/mol. The molecule has 0 aromatic heterocycles. The quantitative estimate of drug-likeness (QED) is 0.740. The number of benzene rings is 2. The van der Waals surface area contributed by atoms with Crippen LogP contribution in [0.4, 0.5) is 9.59 Å². The standard InChI is InChI=1S/C27H32N2O5/c1-27(2,3)34-26(32)29-13-17-12-28(14-22(17)24(29)15-30)25(31)33-16-23-20-10-6-4-8-18(20)19-9-5-7-11-21(19)23/h4-11,17,22-24,30H,12-16H2,1-3H3/t17-,22-,24+/m0/s1. The predicted molar refractivity (Wildman–Crippen MR) is 127 cm³/mol. The molecule has 7 nitrogen and oxygen atoms in total. The van der Waals surface area contributed by atoms with Gasteiger partial charge in [0.1, 0.15) is 12.2 Å². The van der Waals surface area contributed by atoms with Crippen LogP contribution in [0.3, 0.4) is 0 Å². The molecule has 2 heterocycles. The Morgan fingerprint density at radius 3 is 2.15 bits per heavy atom. The normalized spacial score (nSPS) is 23.5. The van der Waals surface area contributed by atoms with Crippen LogP contribution in [0.25, 0.3) is 11.1 Å². The lowest BCUT2D eigenvalue weighted by atomic mass is 9.95. The average molecular weight is 465 g/mol. The Morgan fingerprint density at radius 1 is 0.941 bits per heavy atom. The van der Waals surface area contributed by atoms with Crippen LogP contribution in [-0.4, -0.2) is 71.6 Å². The van der Waals surface area contributed by atoms with Crippen molar-refractivity contribution in [2.24, 2.45) is 11.8 Å². The second kappa shape index (κ2) is 8.62. The van der Waals surface area contributed by atoms with Gasteiger partial charge >= 0.3 is 12.2 Å². The molecule has 0 bridgehead atoms. The highest BCUT2D eigenvalue weighted by molar-refractivity contribution is 5.79. The van der Waals surface area contributed by atoms with Gasteiger partial charge in [0.25, 0.3) is 0 Å². The second-order valence-corrected chi connectivity index (χ2v) is 10.5. The zero-order chi connectivity index (χ0) is 24.0. The van der Waals surface area contributed by atoms with Gasteiger partial charge in [-0.2, -0.15) is 0 Å². The van der Waals surface area contributed by atoms with E-state index < -0.39 is 11.7 Å². The van der Waals surface area contributed by atoms with Gasteiger partial charge in [-0.05, 0) is 43.0 Å². The van der Waals surface area contributed by atoms with Crippen molar-refractivity contribution in [3.8, 4) is 11.1 Å². The number of hydrogen-bond donors (Lipinski definition) is 1. The molecule has 3 atom stereocenters. The summed E-state index contributed by atoms with van der Waals surface area (Å²) in [5, 5.41) is 10.0. The Balaban J connectivity index is 1.23. The number of carbonyl (C=O) groups is 2. The number of likely N-dealkylation sites (tertiary alicyclic amines) is 2. The van der Waals surface area contributed by atoms with Gasteiger partial charge in [-0.3, -0.25) is 0 Å². The number of hydrogen-bond acceptors (Lipinski definition) is 5. The van der Waals surface area contributed by atoms with Crippen LogP contribution in [0.5, 0.6) is 0 Å². The summed E-state index contributed by atoms with van der Waals surface area (Å²) in [6.07, 6.45) is -0.745. The fourth-order valence-electron chi connectivity index (χ4n) is 5.74. The minimum atomic E-state index is -0.595. The number of nitrogens with zero attached hydrogens (tertiary/aromatic N) is 2. The van der Waals surface area contributed by atoms with Crippen molar-refractivity contribution in [2.45, 2.75) is 38.3 Å². The molecule has 2 aromatic rings. The van der Waals surface area contributed by atoms with Gasteiger partial charge in [0, 0.05) is 37.4 Å². The first kappa shape index (κ1) is 22.7. The summed E-state index contributed by atoms with van der Waals surface area (Å²) in [6, 6.07) is 16.2. The largest absolute Gasteiger partial charge is 0.448 e. The predicted octanol–water partition coefficient (Wildman–Crippen LogP) is 4.10. The van der Waals surface area contributed by atoms with E-state index in [2.05, 4.69) is 24.3 Å². The number of fused-ring (bicyclic) bond motifs is 4. The van der Waals surface area contributed by atoms with Crippen molar-refractivity contribution in [3.63, 3.8) is 0 Å². The maximum absolute atomic E-state index is 13.0. The molecule has 3 aliphatic rings. The number of rotatable bonds is 3. The number of aliphatic hydroxyl groups excluding tert-OH is 1. The Labute approximate surface area is 200 Å². The zero-order valence-electron chi connectivity index (χ0n) is 19.9. The summed E-state index contributed by atoms with van der Waals surface area (Å²) >= 11 is 0. The molecule has 0 unspecified atom stereocenters. The van der Waals surface area contributed by atoms with E-state index >= 15 is 0 Å². The summed E-state index contributed by atoms with van der Waals surface area (Å²) in [5.74, 6) is 0.134. The van der Waals surface area contributed by atoms with Crippen LogP contribution in [-0.2, 0) is 9.47 Å². The molecule has 2 aliphatic heterocycles. The maximum Gasteiger partial charge on any atom is 0.410 e. The Kier molecular flexibility index (Phi) is 5.76. The van der Waals surface area contributed by atoms with Crippen LogP contribution in [0, 0.1) is 11.8 Å². The van der Waals surface area contributed by atoms with E-state index in [0.29, 0.717) is 19.6 Å². The van der Waals surface area contributed by atoms with Gasteiger partial charge in [0.05, 0.1) is 12.6 Å². The van der Waals surface area contributed by atoms with Crippen molar-refractivity contribution in [3.05, 3.63) is 59.7 Å². The fourth-order valence-corrected chi connectivity index (χ4v) is 5.74. The third kappa shape index (κ3) is 4.02. The van der Waals surface area contributed by atoms with Gasteiger partial charge < -0.3 is 24.4 Å². The van der Waals surface area contributed by atoms with Crippen molar-refractivity contribution in [1.29, 1.82) is 0 Å². The molecule has 1 aliphatic carbocycles. The molecule has 5 rings (SSSR count). The SMILES string of the molecule is CC(C)(C)OC(=O)N1C[C@@H]2CN(C(=O)OCC3c4ccccc4-c4ccccc43)C[C@@H]2[C@H]1CO. The number of amides is 2. The molecular formula is C27H32N2O5. The highest BCUT2D eigenvalue weighted by Gasteiger charge is 2.50. The van der Waals surface area contributed by atoms with Crippen molar-refractivity contribution < 1.29 is 24.2 Å². The van der Waals surface area contributed by atoms with E-state index in [4.69, 9.17) is 9.47 Å². The summed E-state index contributed by atoms with van der Waals surface area (Å²) in [4.78, 5) is 28.9. The minimum Gasteiger partial charge on any atom is -0.448 e. The maximum atomic E-state index is 13.0. The van der Waals surface area contributed by atoms with E-state index in [0.717, 1.165) is 0 Å². The summed E-state index contributed by atoms with van der Waals surface area (Å²) in [5.41, 5.74) is 4.17. The highest BCUT2D eigenvalue weighted by atomic mass is 16.6. The van der Waals surface area contributed by atoms with Gasteiger partial charge in [0.2, 0.25) is 0 Å². The van der Waals surface area contributed by atoms with E-state index in [1.165, 1.54) is 22.3 Å². The van der Waals surface area contributed by atoms with Gasteiger partial charge in [-0.25, -0.2) is 9.59 Å². The van der Waals surface area contributed by atoms with E-state index in [9.17, 15) is 14.7 Å².